The molecule has 0 saturated heterocycles. The van der Waals surface area contributed by atoms with E-state index >= 15 is 0 Å². The second kappa shape index (κ2) is 6.65. The van der Waals surface area contributed by atoms with E-state index in [0.717, 1.165) is 12.2 Å². The molecule has 1 amide bonds. The second-order valence-corrected chi connectivity index (χ2v) is 4.54. The van der Waals surface area contributed by atoms with Gasteiger partial charge in [0, 0.05) is 5.69 Å². The lowest BCUT2D eigenvalue weighted by Gasteiger charge is -2.11. The maximum absolute atomic E-state index is 11.4. The van der Waals surface area contributed by atoms with Gasteiger partial charge in [-0.15, -0.1) is 0 Å². The predicted octanol–water partition coefficient (Wildman–Crippen LogP) is 2.95. The topological polar surface area (TPSA) is 87.6 Å². The number of amides is 1. The third kappa shape index (κ3) is 3.89. The molecule has 2 aromatic rings. The first-order valence-electron chi connectivity index (χ1n) is 6.70. The zero-order valence-corrected chi connectivity index (χ0v) is 11.8. The molecule has 0 aliphatic rings. The van der Waals surface area contributed by atoms with Gasteiger partial charge < -0.3 is 20.9 Å². The van der Waals surface area contributed by atoms with Gasteiger partial charge in [0.1, 0.15) is 17.2 Å². The minimum Gasteiger partial charge on any atom is -0.494 e. The smallest absolute Gasteiger partial charge is 0.252 e. The summed E-state index contributed by atoms with van der Waals surface area (Å²) in [7, 11) is 0. The number of primary amides is 1. The van der Waals surface area contributed by atoms with Crippen LogP contribution < -0.4 is 20.9 Å². The molecule has 0 fully saturated rings. The van der Waals surface area contributed by atoms with E-state index in [9.17, 15) is 4.79 Å². The molecule has 0 unspecified atom stereocenters. The van der Waals surface area contributed by atoms with E-state index in [2.05, 4.69) is 0 Å². The fraction of sp³-hybridized carbons (Fsp3) is 0.188. The molecular formula is C16H18N2O3. The zero-order chi connectivity index (χ0) is 15.2. The monoisotopic (exact) mass is 286 g/mol. The molecule has 0 aliphatic carbocycles. The number of hydrogen-bond donors (Lipinski definition) is 2. The molecule has 0 heterocycles. The summed E-state index contributed by atoms with van der Waals surface area (Å²) < 4.78 is 11.2. The molecule has 0 aliphatic heterocycles. The lowest BCUT2D eigenvalue weighted by Crippen LogP contribution is -2.12. The summed E-state index contributed by atoms with van der Waals surface area (Å²) in [5.41, 5.74) is 11.7. The number of anilines is 1. The number of hydrogen-bond acceptors (Lipinski definition) is 4. The van der Waals surface area contributed by atoms with Gasteiger partial charge >= 0.3 is 0 Å². The van der Waals surface area contributed by atoms with E-state index in [0.29, 0.717) is 23.8 Å². The van der Waals surface area contributed by atoms with Gasteiger partial charge in [-0.05, 0) is 48.9 Å². The maximum atomic E-state index is 11.4. The molecule has 2 aromatic carbocycles. The first-order valence-corrected chi connectivity index (χ1v) is 6.70. The number of carbonyl (C=O) groups is 1. The largest absolute Gasteiger partial charge is 0.494 e. The van der Waals surface area contributed by atoms with Crippen molar-refractivity contribution < 1.29 is 14.3 Å². The number of rotatable bonds is 6. The highest BCUT2D eigenvalue weighted by molar-refractivity contribution is 5.96. The van der Waals surface area contributed by atoms with Crippen molar-refractivity contribution in [2.75, 3.05) is 12.3 Å². The number of nitrogen functional groups attached to an aromatic ring is 1. The van der Waals surface area contributed by atoms with Crippen LogP contribution in [0.4, 0.5) is 5.69 Å². The molecule has 0 radical (unpaired) electrons. The van der Waals surface area contributed by atoms with Crippen LogP contribution in [0.1, 0.15) is 23.7 Å². The average molecular weight is 286 g/mol. The van der Waals surface area contributed by atoms with Gasteiger partial charge in [-0.1, -0.05) is 6.92 Å². The molecule has 4 N–H and O–H groups in total. The zero-order valence-electron chi connectivity index (χ0n) is 11.8. The quantitative estimate of drug-likeness (QED) is 0.799. The van der Waals surface area contributed by atoms with Crippen molar-refractivity contribution in [3.05, 3.63) is 48.0 Å². The standard InChI is InChI=1S/C16H18N2O3/c1-2-9-20-12-4-6-13(7-5-12)21-15-8-3-11(17)10-14(15)16(18)19/h3-8,10H,2,9,17H2,1H3,(H2,18,19). The first kappa shape index (κ1) is 14.7. The Morgan fingerprint density at radius 3 is 2.38 bits per heavy atom. The Balaban J connectivity index is 2.16. The van der Waals surface area contributed by atoms with E-state index in [1.807, 2.05) is 19.1 Å². The van der Waals surface area contributed by atoms with Crippen molar-refractivity contribution in [2.45, 2.75) is 13.3 Å². The van der Waals surface area contributed by atoms with Crippen LogP contribution in [0.3, 0.4) is 0 Å². The number of carbonyl (C=O) groups excluding carboxylic acids is 1. The summed E-state index contributed by atoms with van der Waals surface area (Å²) in [5, 5.41) is 0. The fourth-order valence-electron chi connectivity index (χ4n) is 1.78. The maximum Gasteiger partial charge on any atom is 0.252 e. The van der Waals surface area contributed by atoms with E-state index in [1.54, 1.807) is 24.3 Å². The van der Waals surface area contributed by atoms with Gasteiger partial charge in [-0.3, -0.25) is 4.79 Å². The normalized spacial score (nSPS) is 10.1. The highest BCUT2D eigenvalue weighted by atomic mass is 16.5. The Labute approximate surface area is 123 Å². The fourth-order valence-corrected chi connectivity index (χ4v) is 1.78. The summed E-state index contributed by atoms with van der Waals surface area (Å²) in [6, 6.07) is 11.9. The van der Waals surface area contributed by atoms with Crippen LogP contribution in [0.5, 0.6) is 17.2 Å². The van der Waals surface area contributed by atoms with Gasteiger partial charge in [0.2, 0.25) is 0 Å². The summed E-state index contributed by atoms with van der Waals surface area (Å²) in [5.74, 6) is 1.15. The van der Waals surface area contributed by atoms with Crippen LogP contribution in [0.15, 0.2) is 42.5 Å². The molecule has 110 valence electrons. The van der Waals surface area contributed by atoms with Crippen molar-refractivity contribution in [2.24, 2.45) is 5.73 Å². The Morgan fingerprint density at radius 1 is 1.10 bits per heavy atom. The van der Waals surface area contributed by atoms with Crippen LogP contribution in [0.25, 0.3) is 0 Å². The van der Waals surface area contributed by atoms with Crippen LogP contribution in [0, 0.1) is 0 Å². The SMILES string of the molecule is CCCOc1ccc(Oc2ccc(N)cc2C(N)=O)cc1. The molecule has 0 bridgehead atoms. The Hall–Kier alpha value is -2.69. The van der Waals surface area contributed by atoms with Gasteiger partial charge in [0.25, 0.3) is 5.91 Å². The van der Waals surface area contributed by atoms with Gasteiger partial charge in [0.15, 0.2) is 0 Å². The third-order valence-electron chi connectivity index (χ3n) is 2.79. The van der Waals surface area contributed by atoms with Crippen LogP contribution in [0.2, 0.25) is 0 Å². The lowest BCUT2D eigenvalue weighted by atomic mass is 10.1. The summed E-state index contributed by atoms with van der Waals surface area (Å²) >= 11 is 0. The molecule has 0 saturated carbocycles. The minimum absolute atomic E-state index is 0.251. The van der Waals surface area contributed by atoms with E-state index in [4.69, 9.17) is 20.9 Å². The lowest BCUT2D eigenvalue weighted by molar-refractivity contribution is 0.0998. The van der Waals surface area contributed by atoms with E-state index in [1.165, 1.54) is 6.07 Å². The van der Waals surface area contributed by atoms with Crippen molar-refractivity contribution in [1.29, 1.82) is 0 Å². The Kier molecular flexibility index (Phi) is 4.66. The van der Waals surface area contributed by atoms with Gasteiger partial charge in [0.05, 0.1) is 12.2 Å². The second-order valence-electron chi connectivity index (χ2n) is 4.54. The Morgan fingerprint density at radius 2 is 1.76 bits per heavy atom. The van der Waals surface area contributed by atoms with Crippen molar-refractivity contribution >= 4 is 11.6 Å². The van der Waals surface area contributed by atoms with E-state index < -0.39 is 5.91 Å². The molecule has 21 heavy (non-hydrogen) atoms. The highest BCUT2D eigenvalue weighted by Crippen LogP contribution is 2.28. The molecule has 0 aromatic heterocycles. The predicted molar refractivity (Wildman–Crippen MR) is 81.7 cm³/mol. The molecule has 5 heteroatoms. The number of benzene rings is 2. The average Bonchev–Trinajstić information content (AvgIpc) is 2.48. The Bertz CT molecular complexity index is 624. The molecule has 0 atom stereocenters. The van der Waals surface area contributed by atoms with Crippen molar-refractivity contribution in [3.8, 4) is 17.2 Å². The number of ether oxygens (including phenoxy) is 2. The summed E-state index contributed by atoms with van der Waals surface area (Å²) in [6.07, 6.45) is 0.950. The van der Waals surface area contributed by atoms with Crippen molar-refractivity contribution in [3.63, 3.8) is 0 Å². The van der Waals surface area contributed by atoms with Gasteiger partial charge in [-0.2, -0.15) is 0 Å². The van der Waals surface area contributed by atoms with Crippen LogP contribution in [-0.2, 0) is 0 Å². The first-order chi connectivity index (χ1) is 10.1. The van der Waals surface area contributed by atoms with Crippen molar-refractivity contribution in [1.82, 2.24) is 0 Å². The number of nitrogens with two attached hydrogens (primary N) is 2. The highest BCUT2D eigenvalue weighted by Gasteiger charge is 2.11. The van der Waals surface area contributed by atoms with Crippen LogP contribution >= 0.6 is 0 Å². The minimum atomic E-state index is -0.583. The molecule has 5 nitrogen and oxygen atoms in total. The van der Waals surface area contributed by atoms with Crippen LogP contribution in [-0.4, -0.2) is 12.5 Å². The molecule has 2 rings (SSSR count). The molecule has 0 spiro atoms. The van der Waals surface area contributed by atoms with E-state index in [-0.39, 0.29) is 5.56 Å². The third-order valence-corrected chi connectivity index (χ3v) is 2.79. The van der Waals surface area contributed by atoms with Gasteiger partial charge in [-0.25, -0.2) is 0 Å². The molecular weight excluding hydrogens is 268 g/mol. The summed E-state index contributed by atoms with van der Waals surface area (Å²) in [6.45, 7) is 2.72. The summed E-state index contributed by atoms with van der Waals surface area (Å²) in [4.78, 5) is 11.4.